The number of pyridine rings is 1. The van der Waals surface area contributed by atoms with Gasteiger partial charge in [0.05, 0.1) is 22.7 Å². The van der Waals surface area contributed by atoms with Crippen LogP contribution in [-0.4, -0.2) is 47.7 Å². The number of alkyl halides is 1. The van der Waals surface area contributed by atoms with E-state index in [0.29, 0.717) is 34.2 Å². The number of rotatable bonds is 12. The number of carboxylic acids is 1. The molecular formula is C30H35Cl2FN2O3. The molecule has 0 unspecified atom stereocenters. The van der Waals surface area contributed by atoms with Crippen molar-refractivity contribution in [2.24, 2.45) is 11.8 Å². The summed E-state index contributed by atoms with van der Waals surface area (Å²) in [5.74, 6) is 0.0867. The van der Waals surface area contributed by atoms with Crippen LogP contribution in [0, 0.1) is 11.8 Å². The lowest BCUT2D eigenvalue weighted by atomic mass is 9.79. The van der Waals surface area contributed by atoms with Crippen LogP contribution in [0.5, 0.6) is 5.75 Å². The first kappa shape index (κ1) is 28.6. The van der Waals surface area contributed by atoms with Gasteiger partial charge >= 0.3 is 5.97 Å². The fourth-order valence-corrected chi connectivity index (χ4v) is 6.06. The molecule has 4 rings (SSSR count). The molecule has 204 valence electrons. The quantitative estimate of drug-likeness (QED) is 0.229. The molecule has 0 bridgehead atoms. The Morgan fingerprint density at radius 2 is 2.05 bits per heavy atom. The Morgan fingerprint density at radius 1 is 1.21 bits per heavy atom. The van der Waals surface area contributed by atoms with Crippen LogP contribution in [0.4, 0.5) is 4.39 Å². The smallest absolute Gasteiger partial charge is 0.303 e. The zero-order valence-corrected chi connectivity index (χ0v) is 23.2. The third-order valence-corrected chi connectivity index (χ3v) is 8.58. The minimum atomic E-state index is -1.14. The van der Waals surface area contributed by atoms with Crippen molar-refractivity contribution < 1.29 is 19.0 Å². The summed E-state index contributed by atoms with van der Waals surface area (Å²) in [6, 6.07) is 12.9. The van der Waals surface area contributed by atoms with Crippen molar-refractivity contribution in [2.45, 2.75) is 51.1 Å². The van der Waals surface area contributed by atoms with Crippen LogP contribution < -0.4 is 4.74 Å². The van der Waals surface area contributed by atoms with Gasteiger partial charge in [-0.05, 0) is 105 Å². The number of ether oxygens (including phenoxy) is 1. The third-order valence-electron chi connectivity index (χ3n) is 7.73. The van der Waals surface area contributed by atoms with E-state index in [1.165, 1.54) is 0 Å². The summed E-state index contributed by atoms with van der Waals surface area (Å²) < 4.78 is 20.8. The highest BCUT2D eigenvalue weighted by Crippen LogP contribution is 2.36. The maximum absolute atomic E-state index is 15.5. The molecule has 1 aromatic heterocycles. The van der Waals surface area contributed by atoms with Crippen LogP contribution in [0.1, 0.15) is 55.8 Å². The van der Waals surface area contributed by atoms with Crippen LogP contribution in [0.3, 0.4) is 0 Å². The van der Waals surface area contributed by atoms with Gasteiger partial charge in [-0.3, -0.25) is 9.78 Å². The number of piperidine rings is 1. The Kier molecular flexibility index (Phi) is 10.2. The molecule has 5 nitrogen and oxygen atoms in total. The van der Waals surface area contributed by atoms with E-state index in [9.17, 15) is 9.90 Å². The first-order valence-corrected chi connectivity index (χ1v) is 14.0. The normalized spacial score (nSPS) is 18.9. The highest BCUT2D eigenvalue weighted by atomic mass is 35.5. The molecule has 1 aliphatic rings. The predicted octanol–water partition coefficient (Wildman–Crippen LogP) is 7.78. The number of carboxylic acid groups (broad SMARTS) is 1. The molecule has 1 saturated heterocycles. The Morgan fingerprint density at radius 3 is 2.84 bits per heavy atom. The van der Waals surface area contributed by atoms with E-state index in [1.54, 1.807) is 25.4 Å². The number of unbranched alkanes of at least 4 members (excludes halogenated alkanes) is 1. The molecule has 0 amide bonds. The minimum absolute atomic E-state index is 0.0186. The number of hydrogen-bond acceptors (Lipinski definition) is 4. The number of aromatic nitrogens is 1. The molecule has 3 aromatic rings. The number of carbonyl (C=O) groups is 1. The zero-order chi connectivity index (χ0) is 27.1. The summed E-state index contributed by atoms with van der Waals surface area (Å²) in [4.78, 5) is 18.3. The van der Waals surface area contributed by atoms with Crippen LogP contribution in [-0.2, 0) is 11.2 Å². The molecule has 0 saturated carbocycles. The second-order valence-corrected chi connectivity index (χ2v) is 11.0. The molecule has 0 spiro atoms. The first-order valence-electron chi connectivity index (χ1n) is 13.3. The maximum Gasteiger partial charge on any atom is 0.303 e. The Bertz CT molecular complexity index is 1240. The van der Waals surface area contributed by atoms with Crippen molar-refractivity contribution in [1.82, 2.24) is 9.88 Å². The van der Waals surface area contributed by atoms with Gasteiger partial charge in [0.2, 0.25) is 0 Å². The average Bonchev–Trinajstić information content (AvgIpc) is 2.91. The van der Waals surface area contributed by atoms with Crippen LogP contribution in [0.15, 0.2) is 48.7 Å². The summed E-state index contributed by atoms with van der Waals surface area (Å²) in [5.41, 5.74) is 2.41. The number of benzene rings is 2. The topological polar surface area (TPSA) is 62.7 Å². The van der Waals surface area contributed by atoms with Gasteiger partial charge in [0.15, 0.2) is 0 Å². The van der Waals surface area contributed by atoms with Gasteiger partial charge < -0.3 is 14.7 Å². The molecule has 2 heterocycles. The predicted molar refractivity (Wildman–Crippen MR) is 151 cm³/mol. The lowest BCUT2D eigenvalue weighted by molar-refractivity contribution is -0.139. The average molecular weight is 562 g/mol. The number of aliphatic carboxylic acids is 1. The largest absolute Gasteiger partial charge is 0.497 e. The molecule has 3 atom stereocenters. The summed E-state index contributed by atoms with van der Waals surface area (Å²) in [5, 5.41) is 11.5. The van der Waals surface area contributed by atoms with Crippen LogP contribution >= 0.6 is 23.2 Å². The van der Waals surface area contributed by atoms with Crippen molar-refractivity contribution in [3.63, 3.8) is 0 Å². The second kappa shape index (κ2) is 13.6. The Hall–Kier alpha value is -2.41. The summed E-state index contributed by atoms with van der Waals surface area (Å²) in [7, 11) is 1.59. The number of nitrogens with zero attached hydrogens (tertiary/aromatic N) is 2. The lowest BCUT2D eigenvalue weighted by Gasteiger charge is -2.38. The van der Waals surface area contributed by atoms with E-state index in [1.807, 2.05) is 30.3 Å². The van der Waals surface area contributed by atoms with Gasteiger partial charge in [-0.1, -0.05) is 35.3 Å². The summed E-state index contributed by atoms with van der Waals surface area (Å²) in [6.45, 7) is 2.56. The van der Waals surface area contributed by atoms with Crippen molar-refractivity contribution in [2.75, 3.05) is 26.7 Å². The van der Waals surface area contributed by atoms with Crippen LogP contribution in [0.25, 0.3) is 10.9 Å². The van der Waals surface area contributed by atoms with E-state index in [0.717, 1.165) is 61.8 Å². The van der Waals surface area contributed by atoms with Crippen molar-refractivity contribution in [3.05, 3.63) is 69.8 Å². The molecular weight excluding hydrogens is 526 g/mol. The highest BCUT2D eigenvalue weighted by Gasteiger charge is 2.31. The number of likely N-dealkylation sites (tertiary alicyclic amines) is 1. The van der Waals surface area contributed by atoms with E-state index in [-0.39, 0.29) is 18.3 Å². The monoisotopic (exact) mass is 560 g/mol. The number of hydrogen-bond donors (Lipinski definition) is 1. The van der Waals surface area contributed by atoms with Gasteiger partial charge in [0.1, 0.15) is 11.9 Å². The third kappa shape index (κ3) is 7.37. The van der Waals surface area contributed by atoms with Crippen molar-refractivity contribution in [3.8, 4) is 5.75 Å². The molecule has 1 N–H and O–H groups in total. The molecule has 38 heavy (non-hydrogen) atoms. The second-order valence-electron chi connectivity index (χ2n) is 10.2. The van der Waals surface area contributed by atoms with Gasteiger partial charge in [-0.15, -0.1) is 0 Å². The van der Waals surface area contributed by atoms with Crippen LogP contribution in [0.2, 0.25) is 10.0 Å². The fraction of sp³-hybridized carbons (Fsp3) is 0.467. The van der Waals surface area contributed by atoms with E-state index in [2.05, 4.69) is 9.88 Å². The Labute approximate surface area is 233 Å². The van der Waals surface area contributed by atoms with Crippen molar-refractivity contribution >= 4 is 40.1 Å². The first-order chi connectivity index (χ1) is 18.4. The highest BCUT2D eigenvalue weighted by molar-refractivity contribution is 6.42. The number of halogens is 3. The standard InChI is InChI=1S/C30H35Cl2FN2O3/c1-38-23-9-11-28-25(18-23)24(12-14-34-28)27(33)10-8-20-13-16-35(19-22(20)17-29(36)37)15-3-2-5-21-6-4-7-26(31)30(21)32/h4,6-7,9,11-12,14,18,20,22,27H,2-3,5,8,10,13,15-17,19H2,1H3,(H,36,37)/t20-,22+,27+/m1/s1. The van der Waals surface area contributed by atoms with Crippen molar-refractivity contribution in [1.29, 1.82) is 0 Å². The lowest BCUT2D eigenvalue weighted by Crippen LogP contribution is -2.41. The van der Waals surface area contributed by atoms with E-state index < -0.39 is 12.1 Å². The number of methoxy groups -OCH3 is 1. The van der Waals surface area contributed by atoms with Gasteiger partial charge in [-0.25, -0.2) is 4.39 Å². The van der Waals surface area contributed by atoms with Gasteiger partial charge in [-0.2, -0.15) is 0 Å². The molecule has 2 aromatic carbocycles. The SMILES string of the molecule is COc1ccc2nccc([C@@H](F)CC[C@@H]3CCN(CCCCc4cccc(Cl)c4Cl)C[C@@H]3CC(=O)O)c2c1. The molecule has 1 fully saturated rings. The van der Waals surface area contributed by atoms with Gasteiger partial charge in [0.25, 0.3) is 0 Å². The summed E-state index contributed by atoms with van der Waals surface area (Å²) in [6.07, 6.45) is 5.36. The molecule has 0 aliphatic carbocycles. The number of fused-ring (bicyclic) bond motifs is 1. The molecule has 0 radical (unpaired) electrons. The van der Waals surface area contributed by atoms with E-state index in [4.69, 9.17) is 27.9 Å². The Balaban J connectivity index is 1.31. The van der Waals surface area contributed by atoms with Gasteiger partial charge in [0, 0.05) is 24.5 Å². The summed E-state index contributed by atoms with van der Waals surface area (Å²) >= 11 is 12.4. The fourth-order valence-electron chi connectivity index (χ4n) is 5.65. The molecule has 8 heteroatoms. The maximum atomic E-state index is 15.5. The number of aryl methyl sites for hydroxylation is 1. The minimum Gasteiger partial charge on any atom is -0.497 e. The van der Waals surface area contributed by atoms with E-state index >= 15 is 4.39 Å². The molecule has 1 aliphatic heterocycles. The zero-order valence-electron chi connectivity index (χ0n) is 21.7.